The van der Waals surface area contributed by atoms with E-state index >= 15 is 0 Å². The van der Waals surface area contributed by atoms with Crippen LogP contribution >= 0.6 is 0 Å². The molecule has 0 aliphatic rings. The molecule has 112 valence electrons. The zero-order valence-corrected chi connectivity index (χ0v) is 11.5. The van der Waals surface area contributed by atoms with Crippen LogP contribution in [-0.2, 0) is 6.54 Å². The van der Waals surface area contributed by atoms with Gasteiger partial charge in [0.2, 0.25) is 5.82 Å². The number of imidazole rings is 1. The molecule has 8 heteroatoms. The standard InChI is InChI=1S/C13H14F2N4O2/c1-7(2)16-5-8-6-17-13(18-8)11-9(14)3-4-10(12(11)15)19(20)21/h3-4,6-7,16H,5H2,1-2H3,(H,17,18). The fraction of sp³-hybridized carbons (Fsp3) is 0.308. The highest BCUT2D eigenvalue weighted by molar-refractivity contribution is 5.61. The van der Waals surface area contributed by atoms with Crippen LogP contribution in [0.5, 0.6) is 0 Å². The second-order valence-corrected chi connectivity index (χ2v) is 4.81. The molecular formula is C13H14F2N4O2. The van der Waals surface area contributed by atoms with Crippen LogP contribution < -0.4 is 5.32 Å². The molecular weight excluding hydrogens is 282 g/mol. The molecule has 0 radical (unpaired) electrons. The number of halogens is 2. The first-order chi connectivity index (χ1) is 9.90. The minimum absolute atomic E-state index is 0.0748. The Hall–Kier alpha value is -2.35. The molecule has 6 nitrogen and oxygen atoms in total. The summed E-state index contributed by atoms with van der Waals surface area (Å²) in [7, 11) is 0. The molecule has 1 aromatic carbocycles. The molecule has 0 amide bonds. The summed E-state index contributed by atoms with van der Waals surface area (Å²) in [5.41, 5.74) is -0.686. The van der Waals surface area contributed by atoms with Gasteiger partial charge in [-0.05, 0) is 6.07 Å². The zero-order valence-electron chi connectivity index (χ0n) is 11.5. The number of H-pyrrole nitrogens is 1. The number of benzene rings is 1. The molecule has 2 aromatic rings. The van der Waals surface area contributed by atoms with Crippen LogP contribution in [0.3, 0.4) is 0 Å². The average molecular weight is 296 g/mol. The van der Waals surface area contributed by atoms with Crippen LogP contribution in [-0.4, -0.2) is 20.9 Å². The third kappa shape index (κ3) is 3.22. The van der Waals surface area contributed by atoms with Crippen molar-refractivity contribution < 1.29 is 13.7 Å². The van der Waals surface area contributed by atoms with Crippen molar-refractivity contribution in [2.24, 2.45) is 0 Å². The van der Waals surface area contributed by atoms with E-state index in [0.717, 1.165) is 12.1 Å². The van der Waals surface area contributed by atoms with Gasteiger partial charge >= 0.3 is 5.69 Å². The van der Waals surface area contributed by atoms with Crippen LogP contribution in [0.1, 0.15) is 19.5 Å². The lowest BCUT2D eigenvalue weighted by atomic mass is 10.1. The molecule has 0 saturated heterocycles. The summed E-state index contributed by atoms with van der Waals surface area (Å²) in [6.07, 6.45) is 1.43. The van der Waals surface area contributed by atoms with Crippen molar-refractivity contribution in [3.8, 4) is 11.4 Å². The first-order valence-corrected chi connectivity index (χ1v) is 6.30. The smallest absolute Gasteiger partial charge is 0.305 e. The third-order valence-corrected chi connectivity index (χ3v) is 2.83. The molecule has 0 aliphatic carbocycles. The van der Waals surface area contributed by atoms with Crippen molar-refractivity contribution in [2.45, 2.75) is 26.4 Å². The van der Waals surface area contributed by atoms with E-state index in [1.165, 1.54) is 6.20 Å². The fourth-order valence-corrected chi connectivity index (χ4v) is 1.79. The third-order valence-electron chi connectivity index (χ3n) is 2.83. The molecule has 21 heavy (non-hydrogen) atoms. The topological polar surface area (TPSA) is 83.8 Å². The van der Waals surface area contributed by atoms with Crippen molar-refractivity contribution in [2.75, 3.05) is 0 Å². The summed E-state index contributed by atoms with van der Waals surface area (Å²) in [5.74, 6) is -2.22. The monoisotopic (exact) mass is 296 g/mol. The Kier molecular flexibility index (Phi) is 4.27. The maximum Gasteiger partial charge on any atom is 0.305 e. The molecule has 2 rings (SSSR count). The lowest BCUT2D eigenvalue weighted by molar-refractivity contribution is -0.387. The Morgan fingerprint density at radius 3 is 2.76 bits per heavy atom. The highest BCUT2D eigenvalue weighted by Crippen LogP contribution is 2.29. The van der Waals surface area contributed by atoms with Gasteiger partial charge < -0.3 is 10.3 Å². The second kappa shape index (κ2) is 5.96. The van der Waals surface area contributed by atoms with Gasteiger partial charge in [0, 0.05) is 30.5 Å². The first-order valence-electron chi connectivity index (χ1n) is 6.30. The number of aromatic nitrogens is 2. The number of nitro benzene ring substituents is 1. The molecule has 0 fully saturated rings. The number of nitrogens with one attached hydrogen (secondary N) is 2. The summed E-state index contributed by atoms with van der Waals surface area (Å²) in [6, 6.07) is 1.88. The van der Waals surface area contributed by atoms with Gasteiger partial charge in [-0.1, -0.05) is 13.8 Å². The SMILES string of the molecule is CC(C)NCc1cnc(-c2c(F)ccc([N+](=O)[O-])c2F)[nH]1. The molecule has 0 bridgehead atoms. The minimum atomic E-state index is -1.24. The van der Waals surface area contributed by atoms with E-state index in [1.54, 1.807) is 0 Å². The van der Waals surface area contributed by atoms with Gasteiger partial charge in [0.25, 0.3) is 0 Å². The van der Waals surface area contributed by atoms with Gasteiger partial charge in [-0.15, -0.1) is 0 Å². The molecule has 0 saturated carbocycles. The van der Waals surface area contributed by atoms with Crippen LogP contribution in [0.4, 0.5) is 14.5 Å². The van der Waals surface area contributed by atoms with Crippen LogP contribution in [0, 0.1) is 21.7 Å². The lowest BCUT2D eigenvalue weighted by Gasteiger charge is -2.05. The Morgan fingerprint density at radius 1 is 1.43 bits per heavy atom. The molecule has 0 aliphatic heterocycles. The Labute approximate surface area is 119 Å². The second-order valence-electron chi connectivity index (χ2n) is 4.81. The van der Waals surface area contributed by atoms with E-state index < -0.39 is 27.8 Å². The maximum absolute atomic E-state index is 14.0. The molecule has 0 unspecified atom stereocenters. The van der Waals surface area contributed by atoms with Crippen molar-refractivity contribution in [3.05, 3.63) is 45.8 Å². The summed E-state index contributed by atoms with van der Waals surface area (Å²) in [6.45, 7) is 4.36. The van der Waals surface area contributed by atoms with Crippen LogP contribution in [0.25, 0.3) is 11.4 Å². The number of hydrogen-bond donors (Lipinski definition) is 2. The predicted molar refractivity (Wildman–Crippen MR) is 72.6 cm³/mol. The summed E-state index contributed by atoms with van der Waals surface area (Å²) in [4.78, 5) is 16.4. The fourth-order valence-electron chi connectivity index (χ4n) is 1.79. The summed E-state index contributed by atoms with van der Waals surface area (Å²) in [5, 5.41) is 13.8. The minimum Gasteiger partial charge on any atom is -0.341 e. The average Bonchev–Trinajstić information content (AvgIpc) is 2.84. The van der Waals surface area contributed by atoms with E-state index in [4.69, 9.17) is 0 Å². The van der Waals surface area contributed by atoms with Gasteiger partial charge in [-0.25, -0.2) is 9.37 Å². The number of nitrogens with zero attached hydrogens (tertiary/aromatic N) is 2. The number of hydrogen-bond acceptors (Lipinski definition) is 4. The Morgan fingerprint density at radius 2 is 2.14 bits per heavy atom. The highest BCUT2D eigenvalue weighted by atomic mass is 19.1. The van der Waals surface area contributed by atoms with Crippen molar-refractivity contribution in [1.82, 2.24) is 15.3 Å². The quantitative estimate of drug-likeness (QED) is 0.656. The number of nitro groups is 1. The highest BCUT2D eigenvalue weighted by Gasteiger charge is 2.24. The number of rotatable bonds is 5. The van der Waals surface area contributed by atoms with E-state index in [9.17, 15) is 18.9 Å². The van der Waals surface area contributed by atoms with E-state index in [-0.39, 0.29) is 11.9 Å². The number of aromatic amines is 1. The van der Waals surface area contributed by atoms with Crippen molar-refractivity contribution in [3.63, 3.8) is 0 Å². The van der Waals surface area contributed by atoms with Gasteiger partial charge in [0.15, 0.2) is 0 Å². The zero-order chi connectivity index (χ0) is 15.6. The van der Waals surface area contributed by atoms with Gasteiger partial charge in [0.1, 0.15) is 11.6 Å². The molecule has 0 atom stereocenters. The molecule has 2 N–H and O–H groups in total. The van der Waals surface area contributed by atoms with Gasteiger partial charge in [-0.3, -0.25) is 10.1 Å². The molecule has 0 spiro atoms. The molecule has 1 aromatic heterocycles. The largest absolute Gasteiger partial charge is 0.341 e. The van der Waals surface area contributed by atoms with Crippen LogP contribution in [0.15, 0.2) is 18.3 Å². The lowest BCUT2D eigenvalue weighted by Crippen LogP contribution is -2.21. The summed E-state index contributed by atoms with van der Waals surface area (Å²) < 4.78 is 27.8. The van der Waals surface area contributed by atoms with Gasteiger partial charge in [0.05, 0.1) is 10.5 Å². The summed E-state index contributed by atoms with van der Waals surface area (Å²) >= 11 is 0. The Balaban J connectivity index is 2.38. The Bertz CT molecular complexity index is 670. The first kappa shape index (κ1) is 15.0. The van der Waals surface area contributed by atoms with Gasteiger partial charge in [-0.2, -0.15) is 4.39 Å². The normalized spacial score (nSPS) is 11.1. The van der Waals surface area contributed by atoms with Crippen molar-refractivity contribution >= 4 is 5.69 Å². The molecule has 1 heterocycles. The predicted octanol–water partition coefficient (Wildman–Crippen LogP) is 2.76. The maximum atomic E-state index is 14.0. The van der Waals surface area contributed by atoms with E-state index in [0.29, 0.717) is 12.2 Å². The van der Waals surface area contributed by atoms with Crippen LogP contribution in [0.2, 0.25) is 0 Å². The van der Waals surface area contributed by atoms with Crippen molar-refractivity contribution in [1.29, 1.82) is 0 Å². The van der Waals surface area contributed by atoms with E-state index in [2.05, 4.69) is 15.3 Å². The van der Waals surface area contributed by atoms with E-state index in [1.807, 2.05) is 13.8 Å².